The van der Waals surface area contributed by atoms with Gasteiger partial charge in [0.2, 0.25) is 11.8 Å². The summed E-state index contributed by atoms with van der Waals surface area (Å²) in [6.45, 7) is 1.64. The molecule has 32 heavy (non-hydrogen) atoms. The molecule has 1 heterocycles. The highest BCUT2D eigenvalue weighted by Gasteiger charge is 2.67. The van der Waals surface area contributed by atoms with E-state index in [1.54, 1.807) is 19.1 Å². The van der Waals surface area contributed by atoms with Crippen LogP contribution in [-0.4, -0.2) is 16.7 Å². The lowest BCUT2D eigenvalue weighted by atomic mass is 9.55. The van der Waals surface area contributed by atoms with Crippen LogP contribution in [0.25, 0.3) is 0 Å². The highest BCUT2D eigenvalue weighted by atomic mass is 79.9. The first-order chi connectivity index (χ1) is 15.4. The second-order valence-corrected chi connectivity index (χ2v) is 9.86. The zero-order chi connectivity index (χ0) is 22.4. The van der Waals surface area contributed by atoms with Crippen LogP contribution in [0.2, 0.25) is 0 Å². The summed E-state index contributed by atoms with van der Waals surface area (Å²) in [5.74, 6) is -2.09. The Hall–Kier alpha value is -3.32. The largest absolute Gasteiger partial charge is 0.274 e. The molecule has 3 aromatic rings. The average molecular weight is 489 g/mol. The summed E-state index contributed by atoms with van der Waals surface area (Å²) in [6, 6.07) is 20.4. The van der Waals surface area contributed by atoms with Crippen LogP contribution in [0.5, 0.6) is 0 Å². The molecule has 3 aliphatic carbocycles. The third-order valence-corrected chi connectivity index (χ3v) is 8.51. The Bertz CT molecular complexity index is 1320. The molecule has 0 aromatic heterocycles. The number of rotatable bonds is 2. The minimum atomic E-state index is -0.836. The number of nitro groups is 1. The van der Waals surface area contributed by atoms with Crippen molar-refractivity contribution >= 4 is 39.1 Å². The van der Waals surface area contributed by atoms with E-state index in [1.165, 1.54) is 6.07 Å². The number of benzene rings is 3. The van der Waals surface area contributed by atoms with E-state index in [4.69, 9.17) is 0 Å². The van der Waals surface area contributed by atoms with Gasteiger partial charge in [-0.15, -0.1) is 0 Å². The second-order valence-electron chi connectivity index (χ2n) is 8.61. The van der Waals surface area contributed by atoms with Gasteiger partial charge in [0.15, 0.2) is 0 Å². The maximum absolute atomic E-state index is 13.8. The van der Waals surface area contributed by atoms with E-state index in [0.29, 0.717) is 5.56 Å². The molecule has 1 fully saturated rings. The van der Waals surface area contributed by atoms with Gasteiger partial charge in [0, 0.05) is 17.5 Å². The molecule has 3 aromatic carbocycles. The van der Waals surface area contributed by atoms with Gasteiger partial charge in [0.1, 0.15) is 0 Å². The van der Waals surface area contributed by atoms with Crippen LogP contribution in [0.1, 0.15) is 33.7 Å². The summed E-state index contributed by atoms with van der Waals surface area (Å²) in [5, 5.41) is 11.5. The van der Waals surface area contributed by atoms with Gasteiger partial charge in [-0.2, -0.15) is 0 Å². The summed E-state index contributed by atoms with van der Waals surface area (Å²) in [5.41, 5.74) is 4.71. The topological polar surface area (TPSA) is 80.5 Å². The zero-order valence-electron chi connectivity index (χ0n) is 17.0. The van der Waals surface area contributed by atoms with Gasteiger partial charge in [-0.1, -0.05) is 70.5 Å². The van der Waals surface area contributed by atoms with E-state index in [1.807, 2.05) is 48.5 Å². The number of nitro benzene ring substituents is 1. The van der Waals surface area contributed by atoms with Gasteiger partial charge in [-0.25, -0.2) is 4.90 Å². The lowest BCUT2D eigenvalue weighted by molar-refractivity contribution is -0.385. The third kappa shape index (κ3) is 2.19. The molecule has 0 unspecified atom stereocenters. The summed E-state index contributed by atoms with van der Waals surface area (Å²) < 4.78 is -0.836. The number of amides is 2. The molecule has 7 heteroatoms. The molecule has 6 nitrogen and oxygen atoms in total. The van der Waals surface area contributed by atoms with Gasteiger partial charge in [-0.3, -0.25) is 19.7 Å². The fourth-order valence-electron chi connectivity index (χ4n) is 5.87. The number of imide groups is 1. The van der Waals surface area contributed by atoms with E-state index >= 15 is 0 Å². The Morgan fingerprint density at radius 3 is 2.12 bits per heavy atom. The van der Waals surface area contributed by atoms with E-state index in [9.17, 15) is 19.7 Å². The predicted octanol–water partition coefficient (Wildman–Crippen LogP) is 4.81. The highest BCUT2D eigenvalue weighted by Crippen LogP contribution is 2.66. The third-order valence-electron chi connectivity index (χ3n) is 7.16. The number of nitrogens with zero attached hydrogens (tertiary/aromatic N) is 2. The van der Waals surface area contributed by atoms with Crippen LogP contribution >= 0.6 is 15.9 Å². The second kappa shape index (κ2) is 6.36. The quantitative estimate of drug-likeness (QED) is 0.224. The molecule has 0 saturated carbocycles. The van der Waals surface area contributed by atoms with Gasteiger partial charge in [-0.05, 0) is 35.2 Å². The van der Waals surface area contributed by atoms with Crippen LogP contribution in [0, 0.1) is 28.9 Å². The average Bonchev–Trinajstić information content (AvgIpc) is 3.06. The van der Waals surface area contributed by atoms with E-state index in [0.717, 1.165) is 27.2 Å². The lowest BCUT2D eigenvalue weighted by Gasteiger charge is -2.51. The van der Waals surface area contributed by atoms with Crippen molar-refractivity contribution in [1.29, 1.82) is 0 Å². The van der Waals surface area contributed by atoms with Crippen LogP contribution in [-0.2, 0) is 13.9 Å². The van der Waals surface area contributed by atoms with Crippen molar-refractivity contribution in [3.05, 3.63) is 105 Å². The Morgan fingerprint density at radius 2 is 1.53 bits per heavy atom. The standard InChI is InChI=1S/C25H17BrN2O4/c1-13-10-11-14(12-19(13)28(31)32)27-23(29)21-20-15-6-2-4-8-17(15)25(26,22(21)24(27)30)18-9-5-3-7-16(18)20/h2-12,20-22H,1H3/t20?,21-,22-,25?/m0/s1. The molecule has 0 radical (unpaired) electrons. The number of carbonyl (C=O) groups is 2. The molecule has 2 bridgehead atoms. The Labute approximate surface area is 192 Å². The molecule has 2 atom stereocenters. The van der Waals surface area contributed by atoms with Gasteiger partial charge in [0.25, 0.3) is 5.69 Å². The van der Waals surface area contributed by atoms with E-state index in [2.05, 4.69) is 15.9 Å². The van der Waals surface area contributed by atoms with Crippen molar-refractivity contribution in [1.82, 2.24) is 0 Å². The highest BCUT2D eigenvalue weighted by molar-refractivity contribution is 9.09. The number of anilines is 1. The number of hydrogen-bond acceptors (Lipinski definition) is 4. The van der Waals surface area contributed by atoms with E-state index in [-0.39, 0.29) is 29.1 Å². The Kier molecular flexibility index (Phi) is 3.85. The molecule has 7 rings (SSSR count). The molecule has 1 saturated heterocycles. The molecule has 0 spiro atoms. The summed E-state index contributed by atoms with van der Waals surface area (Å²) in [7, 11) is 0. The maximum Gasteiger partial charge on any atom is 0.274 e. The molecule has 158 valence electrons. The zero-order valence-corrected chi connectivity index (χ0v) is 18.6. The van der Waals surface area contributed by atoms with Gasteiger partial charge in [0.05, 0.1) is 26.8 Å². The number of aryl methyl sites for hydroxylation is 1. The van der Waals surface area contributed by atoms with Crippen LogP contribution < -0.4 is 4.90 Å². The smallest absolute Gasteiger partial charge is 0.274 e. The Balaban J connectivity index is 1.58. The summed E-state index contributed by atoms with van der Waals surface area (Å²) >= 11 is 3.95. The van der Waals surface area contributed by atoms with Gasteiger partial charge >= 0.3 is 0 Å². The first kappa shape index (κ1) is 19.4. The van der Waals surface area contributed by atoms with Crippen LogP contribution in [0.15, 0.2) is 66.7 Å². The fourth-order valence-corrected chi connectivity index (χ4v) is 7.07. The SMILES string of the molecule is Cc1ccc(N2C(=O)[C@@H]3[C@@H](C2=O)C2c4ccccc4C3(Br)c3ccccc32)cc1[N+](=O)[O-]. The van der Waals surface area contributed by atoms with Crippen molar-refractivity contribution < 1.29 is 14.5 Å². The number of carbonyl (C=O) groups excluding carboxylic acids is 2. The Morgan fingerprint density at radius 1 is 0.938 bits per heavy atom. The maximum atomic E-state index is 13.8. The van der Waals surface area contributed by atoms with Crippen molar-refractivity contribution in [2.45, 2.75) is 17.2 Å². The van der Waals surface area contributed by atoms with Crippen LogP contribution in [0.3, 0.4) is 0 Å². The number of alkyl halides is 1. The number of halogens is 1. The minimum absolute atomic E-state index is 0.110. The molecule has 4 aliphatic rings. The molecule has 0 N–H and O–H groups in total. The van der Waals surface area contributed by atoms with Crippen LogP contribution in [0.4, 0.5) is 11.4 Å². The first-order valence-electron chi connectivity index (χ1n) is 10.4. The summed E-state index contributed by atoms with van der Waals surface area (Å²) in [4.78, 5) is 39.8. The van der Waals surface area contributed by atoms with Gasteiger partial charge < -0.3 is 0 Å². The number of hydrogen-bond donors (Lipinski definition) is 0. The van der Waals surface area contributed by atoms with Crippen molar-refractivity contribution in [3.63, 3.8) is 0 Å². The fraction of sp³-hybridized carbons (Fsp3) is 0.200. The normalized spacial score (nSPS) is 27.2. The van der Waals surface area contributed by atoms with Crippen molar-refractivity contribution in [3.8, 4) is 0 Å². The first-order valence-corrected chi connectivity index (χ1v) is 11.2. The summed E-state index contributed by atoms with van der Waals surface area (Å²) in [6.07, 6.45) is 0. The molecule has 2 amide bonds. The molecular formula is C25H17BrN2O4. The van der Waals surface area contributed by atoms with E-state index < -0.39 is 21.1 Å². The monoisotopic (exact) mass is 488 g/mol. The molecule has 1 aliphatic heterocycles. The molecular weight excluding hydrogens is 472 g/mol. The van der Waals surface area contributed by atoms with Crippen molar-refractivity contribution in [2.75, 3.05) is 4.90 Å². The predicted molar refractivity (Wildman–Crippen MR) is 122 cm³/mol. The minimum Gasteiger partial charge on any atom is -0.274 e. The lowest BCUT2D eigenvalue weighted by Crippen LogP contribution is -2.50. The van der Waals surface area contributed by atoms with Crippen molar-refractivity contribution in [2.24, 2.45) is 11.8 Å².